The summed E-state index contributed by atoms with van der Waals surface area (Å²) in [4.78, 5) is 24.2. The van der Waals surface area contributed by atoms with Crippen LogP contribution in [0.4, 0.5) is 0 Å². The van der Waals surface area contributed by atoms with Gasteiger partial charge in [0.25, 0.3) is 11.8 Å². The van der Waals surface area contributed by atoms with Gasteiger partial charge in [0.15, 0.2) is 6.61 Å². The van der Waals surface area contributed by atoms with Crippen molar-refractivity contribution in [2.24, 2.45) is 0 Å². The Morgan fingerprint density at radius 3 is 2.36 bits per heavy atom. The van der Waals surface area contributed by atoms with Crippen LogP contribution < -0.4 is 20.3 Å². The van der Waals surface area contributed by atoms with Crippen molar-refractivity contribution in [2.75, 3.05) is 26.4 Å². The van der Waals surface area contributed by atoms with Crippen molar-refractivity contribution in [1.29, 1.82) is 0 Å². The van der Waals surface area contributed by atoms with Crippen LogP contribution in [0.2, 0.25) is 0 Å². The third kappa shape index (κ3) is 6.59. The summed E-state index contributed by atoms with van der Waals surface area (Å²) in [5.41, 5.74) is 6.97. The number of carbonyl (C=O) groups is 2. The monoisotopic (exact) mass is 386 g/mol. The van der Waals surface area contributed by atoms with Gasteiger partial charge < -0.3 is 14.2 Å². The quantitative estimate of drug-likeness (QED) is 0.511. The first-order valence-corrected chi connectivity index (χ1v) is 9.10. The number of aryl methyl sites for hydroxylation is 2. The number of benzene rings is 2. The molecule has 0 spiro atoms. The van der Waals surface area contributed by atoms with Crippen LogP contribution in [0.5, 0.6) is 11.5 Å². The molecule has 0 fully saturated rings. The van der Waals surface area contributed by atoms with Gasteiger partial charge in [0, 0.05) is 12.2 Å². The van der Waals surface area contributed by atoms with Crippen LogP contribution in [0.25, 0.3) is 0 Å². The summed E-state index contributed by atoms with van der Waals surface area (Å²) < 4.78 is 16.3. The molecule has 2 amide bonds. The Balaban J connectivity index is 1.80. The van der Waals surface area contributed by atoms with Gasteiger partial charge in [-0.1, -0.05) is 24.3 Å². The zero-order valence-electron chi connectivity index (χ0n) is 16.4. The van der Waals surface area contributed by atoms with Gasteiger partial charge in [-0.15, -0.1) is 0 Å². The molecule has 7 nitrogen and oxygen atoms in total. The maximum absolute atomic E-state index is 12.2. The van der Waals surface area contributed by atoms with E-state index in [-0.39, 0.29) is 6.61 Å². The Kier molecular flexibility index (Phi) is 8.30. The predicted molar refractivity (Wildman–Crippen MR) is 105 cm³/mol. The highest BCUT2D eigenvalue weighted by Gasteiger charge is 2.10. The summed E-state index contributed by atoms with van der Waals surface area (Å²) in [5, 5.41) is 0. The standard InChI is InChI=1S/C21H26N2O5/c1-4-26-11-12-27-18-10-6-9-17(13-18)21(25)23-22-19(24)14-28-20-15(2)7-5-8-16(20)3/h5-10,13H,4,11-12,14H2,1-3H3,(H,22,24)(H,23,25). The molecule has 0 aliphatic carbocycles. The molecule has 0 saturated carbocycles. The molecule has 28 heavy (non-hydrogen) atoms. The van der Waals surface area contributed by atoms with E-state index in [0.717, 1.165) is 11.1 Å². The normalized spacial score (nSPS) is 10.2. The number of rotatable bonds is 9. The van der Waals surface area contributed by atoms with Crippen molar-refractivity contribution < 1.29 is 23.8 Å². The fourth-order valence-corrected chi connectivity index (χ4v) is 2.49. The van der Waals surface area contributed by atoms with Gasteiger partial charge in [0.05, 0.1) is 6.61 Å². The Morgan fingerprint density at radius 2 is 1.64 bits per heavy atom. The second-order valence-electron chi connectivity index (χ2n) is 6.09. The molecular formula is C21H26N2O5. The number of ether oxygens (including phenoxy) is 3. The van der Waals surface area contributed by atoms with E-state index in [1.165, 1.54) is 0 Å². The summed E-state index contributed by atoms with van der Waals surface area (Å²) >= 11 is 0. The van der Waals surface area contributed by atoms with Crippen molar-refractivity contribution in [1.82, 2.24) is 10.9 Å². The van der Waals surface area contributed by atoms with E-state index < -0.39 is 11.8 Å². The van der Waals surface area contributed by atoms with E-state index in [9.17, 15) is 9.59 Å². The largest absolute Gasteiger partial charge is 0.491 e. The lowest BCUT2D eigenvalue weighted by molar-refractivity contribution is -0.123. The van der Waals surface area contributed by atoms with Gasteiger partial charge in [-0.05, 0) is 50.1 Å². The molecule has 7 heteroatoms. The molecule has 0 saturated heterocycles. The number of amides is 2. The van der Waals surface area contributed by atoms with Crippen molar-refractivity contribution >= 4 is 11.8 Å². The average Bonchev–Trinajstić information content (AvgIpc) is 2.69. The Bertz CT molecular complexity index is 787. The molecule has 150 valence electrons. The molecule has 2 aromatic carbocycles. The minimum absolute atomic E-state index is 0.202. The molecule has 0 aliphatic heterocycles. The zero-order valence-corrected chi connectivity index (χ0v) is 16.4. The molecule has 0 unspecified atom stereocenters. The predicted octanol–water partition coefficient (Wildman–Crippen LogP) is 2.56. The van der Waals surface area contributed by atoms with Crippen molar-refractivity contribution in [3.63, 3.8) is 0 Å². The van der Waals surface area contributed by atoms with Crippen molar-refractivity contribution in [3.8, 4) is 11.5 Å². The first kappa shape index (κ1) is 21.2. The van der Waals surface area contributed by atoms with E-state index in [1.54, 1.807) is 24.3 Å². The Morgan fingerprint density at radius 1 is 0.929 bits per heavy atom. The number of para-hydroxylation sites is 1. The molecule has 0 aromatic heterocycles. The van der Waals surface area contributed by atoms with Crippen LogP contribution in [-0.4, -0.2) is 38.2 Å². The summed E-state index contributed by atoms with van der Waals surface area (Å²) in [6, 6.07) is 12.4. The molecule has 2 N–H and O–H groups in total. The number of hydrazine groups is 1. The van der Waals surface area contributed by atoms with E-state index >= 15 is 0 Å². The van der Waals surface area contributed by atoms with Gasteiger partial charge in [0.2, 0.25) is 0 Å². The zero-order chi connectivity index (χ0) is 20.4. The number of carbonyl (C=O) groups excluding carboxylic acids is 2. The first-order chi connectivity index (χ1) is 13.5. The maximum Gasteiger partial charge on any atom is 0.276 e. The lowest BCUT2D eigenvalue weighted by atomic mass is 10.1. The summed E-state index contributed by atoms with van der Waals surface area (Å²) in [6.45, 7) is 7.02. The molecule has 0 radical (unpaired) electrons. The Labute approximate surface area is 165 Å². The van der Waals surface area contributed by atoms with Gasteiger partial charge in [-0.25, -0.2) is 0 Å². The lowest BCUT2D eigenvalue weighted by Gasteiger charge is -2.12. The maximum atomic E-state index is 12.2. The van der Waals surface area contributed by atoms with E-state index in [4.69, 9.17) is 14.2 Å². The molecular weight excluding hydrogens is 360 g/mol. The highest BCUT2D eigenvalue weighted by Crippen LogP contribution is 2.22. The second-order valence-corrected chi connectivity index (χ2v) is 6.09. The van der Waals surface area contributed by atoms with Crippen LogP contribution in [0.15, 0.2) is 42.5 Å². The molecule has 0 bridgehead atoms. The van der Waals surface area contributed by atoms with Crippen molar-refractivity contribution in [2.45, 2.75) is 20.8 Å². The van der Waals surface area contributed by atoms with Crippen LogP contribution in [-0.2, 0) is 9.53 Å². The minimum atomic E-state index is -0.458. The molecule has 2 aromatic rings. The van der Waals surface area contributed by atoms with Gasteiger partial charge in [0.1, 0.15) is 18.1 Å². The van der Waals surface area contributed by atoms with E-state index in [1.807, 2.05) is 39.0 Å². The van der Waals surface area contributed by atoms with E-state index in [2.05, 4.69) is 10.9 Å². The lowest BCUT2D eigenvalue weighted by Crippen LogP contribution is -2.43. The summed E-state index contributed by atoms with van der Waals surface area (Å²) in [7, 11) is 0. The fraction of sp³-hybridized carbons (Fsp3) is 0.333. The SMILES string of the molecule is CCOCCOc1cccc(C(=O)NNC(=O)COc2c(C)cccc2C)c1. The third-order valence-corrected chi connectivity index (χ3v) is 3.87. The fourth-order valence-electron chi connectivity index (χ4n) is 2.49. The molecule has 2 rings (SSSR count). The van der Waals surface area contributed by atoms with Gasteiger partial charge in [-0.3, -0.25) is 20.4 Å². The van der Waals surface area contributed by atoms with Crippen LogP contribution in [0.3, 0.4) is 0 Å². The van der Waals surface area contributed by atoms with Gasteiger partial charge in [-0.2, -0.15) is 0 Å². The number of nitrogens with one attached hydrogen (secondary N) is 2. The summed E-state index contributed by atoms with van der Waals surface area (Å²) in [5.74, 6) is 0.314. The smallest absolute Gasteiger partial charge is 0.276 e. The minimum Gasteiger partial charge on any atom is -0.491 e. The Hall–Kier alpha value is -3.06. The van der Waals surface area contributed by atoms with Crippen LogP contribution in [0.1, 0.15) is 28.4 Å². The number of hydrogen-bond acceptors (Lipinski definition) is 5. The highest BCUT2D eigenvalue weighted by molar-refractivity contribution is 5.95. The average molecular weight is 386 g/mol. The summed E-state index contributed by atoms with van der Waals surface area (Å²) in [6.07, 6.45) is 0. The first-order valence-electron chi connectivity index (χ1n) is 9.10. The molecule has 0 aliphatic rings. The van der Waals surface area contributed by atoms with Crippen LogP contribution in [0, 0.1) is 13.8 Å². The molecule has 0 heterocycles. The number of hydrogen-bond donors (Lipinski definition) is 2. The third-order valence-electron chi connectivity index (χ3n) is 3.87. The second kappa shape index (κ2) is 10.9. The highest BCUT2D eigenvalue weighted by atomic mass is 16.5. The van der Waals surface area contributed by atoms with E-state index in [0.29, 0.717) is 36.9 Å². The van der Waals surface area contributed by atoms with Crippen LogP contribution >= 0.6 is 0 Å². The van der Waals surface area contributed by atoms with Crippen molar-refractivity contribution in [3.05, 3.63) is 59.2 Å². The topological polar surface area (TPSA) is 85.9 Å². The molecule has 0 atom stereocenters. The van der Waals surface area contributed by atoms with Gasteiger partial charge >= 0.3 is 0 Å².